The first-order chi connectivity index (χ1) is 12.1. The number of halogens is 1. The Morgan fingerprint density at radius 3 is 2.48 bits per heavy atom. The van der Waals surface area contributed by atoms with Crippen LogP contribution in [-0.4, -0.2) is 49.8 Å². The first-order valence-corrected chi connectivity index (χ1v) is 9.48. The monoisotopic (exact) mass is 369 g/mol. The lowest BCUT2D eigenvalue weighted by Gasteiger charge is -2.32. The van der Waals surface area contributed by atoms with Crippen LogP contribution in [0.4, 0.5) is 0 Å². The van der Waals surface area contributed by atoms with Crippen molar-refractivity contribution in [1.82, 2.24) is 4.90 Å². The van der Waals surface area contributed by atoms with Gasteiger partial charge in [0.2, 0.25) is 0 Å². The zero-order valence-electron chi connectivity index (χ0n) is 15.3. The van der Waals surface area contributed by atoms with Gasteiger partial charge in [0.05, 0.1) is 24.3 Å². The van der Waals surface area contributed by atoms with E-state index in [9.17, 15) is 4.79 Å². The Balaban J connectivity index is 2.14. The maximum Gasteiger partial charge on any atom is 0.254 e. The molecule has 1 aromatic carbocycles. The second-order valence-corrected chi connectivity index (χ2v) is 6.42. The van der Waals surface area contributed by atoms with Crippen molar-refractivity contribution in [3.63, 3.8) is 0 Å². The Labute approximate surface area is 155 Å². The summed E-state index contributed by atoms with van der Waals surface area (Å²) in [4.78, 5) is 14.7. The lowest BCUT2D eigenvalue weighted by atomic mass is 10.1. The van der Waals surface area contributed by atoms with Gasteiger partial charge in [-0.25, -0.2) is 0 Å². The van der Waals surface area contributed by atoms with Crippen molar-refractivity contribution in [2.75, 3.05) is 32.9 Å². The molecule has 0 bridgehead atoms. The number of hydrogen-bond acceptors (Lipinski definition) is 4. The van der Waals surface area contributed by atoms with Crippen LogP contribution in [0.15, 0.2) is 12.1 Å². The number of nitrogens with zero attached hydrogens (tertiary/aromatic N) is 1. The Hall–Kier alpha value is -1.46. The van der Waals surface area contributed by atoms with Gasteiger partial charge >= 0.3 is 0 Å². The molecular weight excluding hydrogens is 342 g/mol. The first kappa shape index (κ1) is 19.9. The summed E-state index contributed by atoms with van der Waals surface area (Å²) in [7, 11) is 0. The zero-order valence-corrected chi connectivity index (χ0v) is 16.1. The Bertz CT molecular complexity index is 571. The molecule has 140 valence electrons. The summed E-state index contributed by atoms with van der Waals surface area (Å²) in [5, 5.41) is 0.409. The fourth-order valence-electron chi connectivity index (χ4n) is 2.94. The number of amides is 1. The molecule has 1 saturated heterocycles. The van der Waals surface area contributed by atoms with E-state index < -0.39 is 0 Å². The van der Waals surface area contributed by atoms with E-state index in [0.717, 1.165) is 19.3 Å². The highest BCUT2D eigenvalue weighted by Crippen LogP contribution is 2.37. The predicted molar refractivity (Wildman–Crippen MR) is 99.0 cm³/mol. The average molecular weight is 370 g/mol. The molecule has 0 aliphatic carbocycles. The van der Waals surface area contributed by atoms with Gasteiger partial charge in [-0.15, -0.1) is 0 Å². The Morgan fingerprint density at radius 1 is 1.16 bits per heavy atom. The molecule has 0 N–H and O–H groups in total. The molecule has 1 aliphatic heterocycles. The molecule has 2 rings (SSSR count). The number of rotatable bonds is 8. The molecule has 0 unspecified atom stereocenters. The molecule has 1 aromatic rings. The summed E-state index contributed by atoms with van der Waals surface area (Å²) >= 11 is 6.36. The van der Waals surface area contributed by atoms with Gasteiger partial charge in [-0.3, -0.25) is 4.79 Å². The van der Waals surface area contributed by atoms with E-state index in [1.165, 1.54) is 0 Å². The summed E-state index contributed by atoms with van der Waals surface area (Å²) in [5.41, 5.74) is 0.534. The summed E-state index contributed by atoms with van der Waals surface area (Å²) in [6.45, 7) is 9.05. The third-order valence-corrected chi connectivity index (χ3v) is 4.42. The quantitative estimate of drug-likeness (QED) is 0.690. The maximum absolute atomic E-state index is 12.8. The molecule has 0 atom stereocenters. The number of carbonyl (C=O) groups excluding carboxylic acids is 1. The van der Waals surface area contributed by atoms with Gasteiger partial charge in [-0.05, 0) is 45.2 Å². The van der Waals surface area contributed by atoms with Crippen molar-refractivity contribution in [2.45, 2.75) is 46.1 Å². The van der Waals surface area contributed by atoms with Crippen LogP contribution in [0.3, 0.4) is 0 Å². The van der Waals surface area contributed by atoms with Crippen molar-refractivity contribution >= 4 is 17.5 Å². The highest BCUT2D eigenvalue weighted by molar-refractivity contribution is 6.32. The van der Waals surface area contributed by atoms with E-state index in [1.54, 1.807) is 12.1 Å². The van der Waals surface area contributed by atoms with Crippen LogP contribution < -0.4 is 9.47 Å². The molecule has 0 radical (unpaired) electrons. The summed E-state index contributed by atoms with van der Waals surface area (Å²) in [6, 6.07) is 3.41. The van der Waals surface area contributed by atoms with Gasteiger partial charge in [0.15, 0.2) is 11.5 Å². The van der Waals surface area contributed by atoms with Crippen LogP contribution in [0.2, 0.25) is 5.02 Å². The van der Waals surface area contributed by atoms with Crippen LogP contribution in [-0.2, 0) is 4.74 Å². The topological polar surface area (TPSA) is 48.0 Å². The minimum atomic E-state index is -0.0279. The highest BCUT2D eigenvalue weighted by Gasteiger charge is 2.25. The molecular formula is C19H28ClNO4. The normalized spacial score (nSPS) is 15.3. The minimum Gasteiger partial charge on any atom is -0.490 e. The molecule has 0 aromatic heterocycles. The van der Waals surface area contributed by atoms with Crippen LogP contribution in [0, 0.1) is 0 Å². The van der Waals surface area contributed by atoms with Crippen molar-refractivity contribution in [1.29, 1.82) is 0 Å². The second kappa shape index (κ2) is 9.88. The lowest BCUT2D eigenvalue weighted by molar-refractivity contribution is 0.0146. The summed E-state index contributed by atoms with van der Waals surface area (Å²) in [5.74, 6) is 1.01. The van der Waals surface area contributed by atoms with Gasteiger partial charge in [0.1, 0.15) is 0 Å². The van der Waals surface area contributed by atoms with E-state index in [4.69, 9.17) is 25.8 Å². The van der Waals surface area contributed by atoms with Crippen LogP contribution in [0.25, 0.3) is 0 Å². The Kier molecular flexibility index (Phi) is 7.85. The highest BCUT2D eigenvalue weighted by atomic mass is 35.5. The smallest absolute Gasteiger partial charge is 0.254 e. The second-order valence-electron chi connectivity index (χ2n) is 6.01. The first-order valence-electron chi connectivity index (χ1n) is 9.10. The molecule has 5 nitrogen and oxygen atoms in total. The fraction of sp³-hybridized carbons (Fsp3) is 0.632. The third-order valence-electron chi connectivity index (χ3n) is 4.14. The largest absolute Gasteiger partial charge is 0.490 e. The van der Waals surface area contributed by atoms with Gasteiger partial charge < -0.3 is 19.1 Å². The van der Waals surface area contributed by atoms with E-state index in [-0.39, 0.29) is 12.0 Å². The predicted octanol–water partition coefficient (Wildman–Crippen LogP) is 4.17. The van der Waals surface area contributed by atoms with Crippen LogP contribution in [0.1, 0.15) is 50.4 Å². The van der Waals surface area contributed by atoms with E-state index in [1.807, 2.05) is 25.7 Å². The molecule has 0 saturated carbocycles. The number of piperidine rings is 1. The van der Waals surface area contributed by atoms with Crippen LogP contribution >= 0.6 is 11.6 Å². The molecule has 1 heterocycles. The molecule has 1 fully saturated rings. The Morgan fingerprint density at radius 2 is 1.88 bits per heavy atom. The number of ether oxygens (including phenoxy) is 3. The molecule has 1 aliphatic rings. The number of benzene rings is 1. The third kappa shape index (κ3) is 5.25. The molecule has 0 spiro atoms. The van der Waals surface area contributed by atoms with E-state index in [2.05, 4.69) is 0 Å². The summed E-state index contributed by atoms with van der Waals surface area (Å²) < 4.78 is 17.0. The number of carbonyl (C=O) groups is 1. The van der Waals surface area contributed by atoms with Crippen molar-refractivity contribution in [3.8, 4) is 11.5 Å². The molecule has 6 heteroatoms. The average Bonchev–Trinajstić information content (AvgIpc) is 2.61. The number of hydrogen-bond donors (Lipinski definition) is 0. The van der Waals surface area contributed by atoms with Crippen LogP contribution in [0.5, 0.6) is 11.5 Å². The van der Waals surface area contributed by atoms with Gasteiger partial charge in [0.25, 0.3) is 5.91 Å². The van der Waals surface area contributed by atoms with Gasteiger partial charge in [-0.2, -0.15) is 0 Å². The minimum absolute atomic E-state index is 0.0279. The van der Waals surface area contributed by atoms with E-state index in [0.29, 0.717) is 55.0 Å². The van der Waals surface area contributed by atoms with Gasteiger partial charge in [0, 0.05) is 25.3 Å². The SMILES string of the molecule is CCCOc1c(Cl)cc(C(=O)N2CCC(OCC)CC2)cc1OCC. The van der Waals surface area contributed by atoms with Crippen molar-refractivity contribution in [2.24, 2.45) is 0 Å². The maximum atomic E-state index is 12.8. The van der Waals surface area contributed by atoms with Gasteiger partial charge in [-0.1, -0.05) is 18.5 Å². The van der Waals surface area contributed by atoms with Crippen molar-refractivity contribution < 1.29 is 19.0 Å². The fourth-order valence-corrected chi connectivity index (χ4v) is 3.21. The standard InChI is InChI=1S/C19H28ClNO4/c1-4-11-25-18-16(20)12-14(13-17(18)24-6-3)19(22)21-9-7-15(8-10-21)23-5-2/h12-13,15H,4-11H2,1-3H3. The molecule has 25 heavy (non-hydrogen) atoms. The zero-order chi connectivity index (χ0) is 18.2. The number of likely N-dealkylation sites (tertiary alicyclic amines) is 1. The lowest BCUT2D eigenvalue weighted by Crippen LogP contribution is -2.40. The van der Waals surface area contributed by atoms with Crippen molar-refractivity contribution in [3.05, 3.63) is 22.7 Å². The molecule has 1 amide bonds. The van der Waals surface area contributed by atoms with E-state index >= 15 is 0 Å². The summed E-state index contributed by atoms with van der Waals surface area (Å²) in [6.07, 6.45) is 2.85.